The second kappa shape index (κ2) is 9.45. The second-order valence-electron chi connectivity index (χ2n) is 5.67. The van der Waals surface area contributed by atoms with Gasteiger partial charge >= 0.3 is 0 Å². The van der Waals surface area contributed by atoms with Crippen LogP contribution in [0.2, 0.25) is 0 Å². The highest BCUT2D eigenvalue weighted by Gasteiger charge is 2.13. The van der Waals surface area contributed by atoms with Crippen molar-refractivity contribution in [2.75, 3.05) is 13.1 Å². The molecule has 2 rings (SSSR count). The standard InChI is InChI=1S/C19H23N3O2/c1-16(23)22(14-18-9-12-20-13-10-18)15-19(24)21-11-5-8-17-6-3-2-4-7-17/h2-4,6-7,9-10,12-13H,5,8,11,14-15H2,1H3,(H,21,24). The van der Waals surface area contributed by atoms with Crippen molar-refractivity contribution in [1.82, 2.24) is 15.2 Å². The van der Waals surface area contributed by atoms with Crippen LogP contribution in [0.4, 0.5) is 0 Å². The average Bonchev–Trinajstić information content (AvgIpc) is 2.60. The first kappa shape index (κ1) is 17.7. The normalized spacial score (nSPS) is 10.2. The molecule has 1 N–H and O–H groups in total. The molecule has 1 aromatic heterocycles. The third kappa shape index (κ3) is 6.20. The highest BCUT2D eigenvalue weighted by atomic mass is 16.2. The molecular formula is C19H23N3O2. The van der Waals surface area contributed by atoms with Gasteiger partial charge in [-0.05, 0) is 36.1 Å². The molecule has 5 nitrogen and oxygen atoms in total. The van der Waals surface area contributed by atoms with E-state index in [9.17, 15) is 9.59 Å². The predicted octanol–water partition coefficient (Wildman–Crippen LogP) is 2.18. The molecule has 0 radical (unpaired) electrons. The lowest BCUT2D eigenvalue weighted by Crippen LogP contribution is -2.39. The number of rotatable bonds is 8. The van der Waals surface area contributed by atoms with E-state index in [-0.39, 0.29) is 18.4 Å². The third-order valence-electron chi connectivity index (χ3n) is 3.71. The first-order chi connectivity index (χ1) is 11.6. The Hall–Kier alpha value is -2.69. The molecule has 1 heterocycles. The van der Waals surface area contributed by atoms with Crippen molar-refractivity contribution in [2.45, 2.75) is 26.3 Å². The van der Waals surface area contributed by atoms with Gasteiger partial charge in [0.1, 0.15) is 0 Å². The van der Waals surface area contributed by atoms with Gasteiger partial charge in [0.05, 0.1) is 6.54 Å². The fourth-order valence-electron chi connectivity index (χ4n) is 2.38. The van der Waals surface area contributed by atoms with E-state index < -0.39 is 0 Å². The maximum atomic E-state index is 12.0. The number of carbonyl (C=O) groups is 2. The molecule has 0 saturated carbocycles. The molecule has 0 aliphatic rings. The minimum absolute atomic E-state index is 0.0724. The summed E-state index contributed by atoms with van der Waals surface area (Å²) in [5.74, 6) is -0.251. The number of amides is 2. The molecule has 24 heavy (non-hydrogen) atoms. The SMILES string of the molecule is CC(=O)N(CC(=O)NCCCc1ccccc1)Cc1ccncc1. The summed E-state index contributed by atoms with van der Waals surface area (Å²) in [6, 6.07) is 13.9. The van der Waals surface area contributed by atoms with Crippen molar-refractivity contribution in [3.8, 4) is 0 Å². The molecule has 0 bridgehead atoms. The summed E-state index contributed by atoms with van der Waals surface area (Å²) in [6.45, 7) is 2.57. The van der Waals surface area contributed by atoms with E-state index in [1.807, 2.05) is 30.3 Å². The van der Waals surface area contributed by atoms with Crippen LogP contribution in [0.5, 0.6) is 0 Å². The monoisotopic (exact) mass is 325 g/mol. The molecule has 0 unspecified atom stereocenters. The van der Waals surface area contributed by atoms with E-state index in [1.165, 1.54) is 17.4 Å². The molecule has 0 atom stereocenters. The topological polar surface area (TPSA) is 62.3 Å². The van der Waals surface area contributed by atoms with E-state index in [0.717, 1.165) is 18.4 Å². The third-order valence-corrected chi connectivity index (χ3v) is 3.71. The minimum atomic E-state index is -0.132. The van der Waals surface area contributed by atoms with Crippen LogP contribution in [-0.4, -0.2) is 34.8 Å². The first-order valence-corrected chi connectivity index (χ1v) is 8.10. The average molecular weight is 325 g/mol. The number of aryl methyl sites for hydroxylation is 1. The van der Waals surface area contributed by atoms with Crippen LogP contribution < -0.4 is 5.32 Å². The Kier molecular flexibility index (Phi) is 6.95. The van der Waals surface area contributed by atoms with Crippen LogP contribution in [0.25, 0.3) is 0 Å². The van der Waals surface area contributed by atoms with Gasteiger partial charge in [0.25, 0.3) is 0 Å². The zero-order valence-electron chi connectivity index (χ0n) is 13.9. The number of benzene rings is 1. The van der Waals surface area contributed by atoms with Gasteiger partial charge in [-0.3, -0.25) is 14.6 Å². The Morgan fingerprint density at radius 3 is 2.42 bits per heavy atom. The van der Waals surface area contributed by atoms with Crippen LogP contribution in [0, 0.1) is 0 Å². The number of nitrogens with zero attached hydrogens (tertiary/aromatic N) is 2. The summed E-state index contributed by atoms with van der Waals surface area (Å²) in [6.07, 6.45) is 5.16. The van der Waals surface area contributed by atoms with Gasteiger partial charge in [-0.1, -0.05) is 30.3 Å². The number of hydrogen-bond donors (Lipinski definition) is 1. The highest BCUT2D eigenvalue weighted by molar-refractivity contribution is 5.83. The van der Waals surface area contributed by atoms with E-state index >= 15 is 0 Å². The molecule has 0 saturated heterocycles. The van der Waals surface area contributed by atoms with Gasteiger partial charge in [-0.2, -0.15) is 0 Å². The molecule has 0 spiro atoms. The summed E-state index contributed by atoms with van der Waals surface area (Å²) >= 11 is 0. The molecule has 5 heteroatoms. The zero-order chi connectivity index (χ0) is 17.2. The van der Waals surface area contributed by atoms with Crippen molar-refractivity contribution in [2.24, 2.45) is 0 Å². The lowest BCUT2D eigenvalue weighted by atomic mass is 10.1. The summed E-state index contributed by atoms with van der Waals surface area (Å²) in [5.41, 5.74) is 2.21. The molecule has 1 aromatic carbocycles. The number of hydrogen-bond acceptors (Lipinski definition) is 3. The molecule has 126 valence electrons. The van der Waals surface area contributed by atoms with Crippen LogP contribution in [0.15, 0.2) is 54.9 Å². The van der Waals surface area contributed by atoms with Gasteiger partial charge in [0, 0.05) is 32.4 Å². The predicted molar refractivity (Wildman–Crippen MR) is 93.1 cm³/mol. The summed E-state index contributed by atoms with van der Waals surface area (Å²) < 4.78 is 0. The first-order valence-electron chi connectivity index (χ1n) is 8.10. The second-order valence-corrected chi connectivity index (χ2v) is 5.67. The Morgan fingerprint density at radius 2 is 1.75 bits per heavy atom. The molecule has 2 amide bonds. The molecular weight excluding hydrogens is 302 g/mol. The van der Waals surface area contributed by atoms with E-state index in [0.29, 0.717) is 13.1 Å². The number of nitrogens with one attached hydrogen (secondary N) is 1. The fraction of sp³-hybridized carbons (Fsp3) is 0.316. The number of aromatic nitrogens is 1. The minimum Gasteiger partial charge on any atom is -0.355 e. The number of carbonyl (C=O) groups excluding carboxylic acids is 2. The van der Waals surface area contributed by atoms with Gasteiger partial charge in [-0.25, -0.2) is 0 Å². The highest BCUT2D eigenvalue weighted by Crippen LogP contribution is 2.04. The number of pyridine rings is 1. The fourth-order valence-corrected chi connectivity index (χ4v) is 2.38. The smallest absolute Gasteiger partial charge is 0.239 e. The van der Waals surface area contributed by atoms with E-state index in [2.05, 4.69) is 22.4 Å². The van der Waals surface area contributed by atoms with Crippen molar-refractivity contribution in [1.29, 1.82) is 0 Å². The Balaban J connectivity index is 1.73. The van der Waals surface area contributed by atoms with E-state index in [1.54, 1.807) is 12.4 Å². The summed E-state index contributed by atoms with van der Waals surface area (Å²) in [4.78, 5) is 29.3. The largest absolute Gasteiger partial charge is 0.355 e. The van der Waals surface area contributed by atoms with Crippen molar-refractivity contribution in [3.63, 3.8) is 0 Å². The van der Waals surface area contributed by atoms with Crippen molar-refractivity contribution < 1.29 is 9.59 Å². The van der Waals surface area contributed by atoms with Crippen molar-refractivity contribution >= 4 is 11.8 Å². The van der Waals surface area contributed by atoms with Crippen LogP contribution in [0.3, 0.4) is 0 Å². The molecule has 0 fully saturated rings. The lowest BCUT2D eigenvalue weighted by Gasteiger charge is -2.20. The maximum Gasteiger partial charge on any atom is 0.239 e. The van der Waals surface area contributed by atoms with Gasteiger partial charge in [0.15, 0.2) is 0 Å². The molecule has 0 aliphatic heterocycles. The van der Waals surface area contributed by atoms with Gasteiger partial charge < -0.3 is 10.2 Å². The summed E-state index contributed by atoms with van der Waals surface area (Å²) in [5, 5.41) is 2.88. The van der Waals surface area contributed by atoms with Crippen LogP contribution in [-0.2, 0) is 22.6 Å². The van der Waals surface area contributed by atoms with E-state index in [4.69, 9.17) is 0 Å². The van der Waals surface area contributed by atoms with Crippen LogP contribution in [0.1, 0.15) is 24.5 Å². The Labute approximate surface area is 142 Å². The Bertz CT molecular complexity index is 644. The van der Waals surface area contributed by atoms with Gasteiger partial charge in [-0.15, -0.1) is 0 Å². The Morgan fingerprint density at radius 1 is 1.04 bits per heavy atom. The lowest BCUT2D eigenvalue weighted by molar-refractivity contribution is -0.134. The molecule has 2 aromatic rings. The zero-order valence-corrected chi connectivity index (χ0v) is 13.9. The quantitative estimate of drug-likeness (QED) is 0.757. The maximum absolute atomic E-state index is 12.0. The summed E-state index contributed by atoms with van der Waals surface area (Å²) in [7, 11) is 0. The van der Waals surface area contributed by atoms with Gasteiger partial charge in [0.2, 0.25) is 11.8 Å². The van der Waals surface area contributed by atoms with Crippen LogP contribution >= 0.6 is 0 Å². The van der Waals surface area contributed by atoms with Crippen molar-refractivity contribution in [3.05, 3.63) is 66.0 Å². The molecule has 0 aliphatic carbocycles.